The van der Waals surface area contributed by atoms with Gasteiger partial charge in [0.05, 0.1) is 0 Å². The van der Waals surface area contributed by atoms with Gasteiger partial charge in [-0.15, -0.1) is 0 Å². The Kier molecular flexibility index (Phi) is 12.0. The lowest BCUT2D eigenvalue weighted by Crippen LogP contribution is -2.69. The molecule has 5 aliphatic rings. The molecule has 0 radical (unpaired) electrons. The van der Waals surface area contributed by atoms with E-state index in [1.54, 1.807) is 0 Å². The standard InChI is InChI=1S/C48H84O2/c1-12-13-14-15-16-17-18-19-20-21-22-23-24-25-40(49)50-39-28-29-46(9)37-26-27-38-44(7,45(37,8)34-35-48(46,11)42(39,4)5)33-32-43(6)31-30-41(2,3)36-47(38,43)10/h27,37,39H,12-26,28-36H2,1-11H3/t37-,39+,43-,44-,45-,46-,47+,48+/m1/s1. The van der Waals surface area contributed by atoms with E-state index in [0.717, 1.165) is 12.8 Å². The van der Waals surface area contributed by atoms with Crippen LogP contribution in [-0.2, 0) is 9.53 Å². The number of allylic oxidation sites excluding steroid dienone is 2. The Morgan fingerprint density at radius 1 is 0.640 bits per heavy atom. The van der Waals surface area contributed by atoms with Crippen LogP contribution in [0.3, 0.4) is 0 Å². The van der Waals surface area contributed by atoms with Crippen LogP contribution in [0.5, 0.6) is 0 Å². The summed E-state index contributed by atoms with van der Waals surface area (Å²) in [5.41, 5.74) is 3.93. The number of hydrogen-bond donors (Lipinski definition) is 0. The highest BCUT2D eigenvalue weighted by Gasteiger charge is 2.73. The molecule has 50 heavy (non-hydrogen) atoms. The van der Waals surface area contributed by atoms with Crippen LogP contribution >= 0.6 is 0 Å². The summed E-state index contributed by atoms with van der Waals surface area (Å²) in [6, 6.07) is 0. The molecular formula is C48H84O2. The molecule has 288 valence electrons. The highest BCUT2D eigenvalue weighted by molar-refractivity contribution is 5.69. The van der Waals surface area contributed by atoms with E-state index in [0.29, 0.717) is 34.0 Å². The van der Waals surface area contributed by atoms with Gasteiger partial charge in [-0.2, -0.15) is 0 Å². The third-order valence-electron chi connectivity index (χ3n) is 18.6. The van der Waals surface area contributed by atoms with E-state index in [4.69, 9.17) is 4.74 Å². The van der Waals surface area contributed by atoms with Gasteiger partial charge in [0, 0.05) is 11.8 Å². The molecule has 0 aromatic rings. The molecule has 0 aromatic heterocycles. The largest absolute Gasteiger partial charge is 0.462 e. The van der Waals surface area contributed by atoms with E-state index >= 15 is 0 Å². The highest BCUT2D eigenvalue weighted by Crippen LogP contribution is 2.80. The number of carbonyl (C=O) groups is 1. The number of unbranched alkanes of at least 4 members (excludes halogenated alkanes) is 12. The monoisotopic (exact) mass is 693 g/mol. The van der Waals surface area contributed by atoms with Gasteiger partial charge in [-0.1, -0.05) is 165 Å². The summed E-state index contributed by atoms with van der Waals surface area (Å²) in [5.74, 6) is 0.736. The minimum atomic E-state index is -0.0393. The summed E-state index contributed by atoms with van der Waals surface area (Å²) in [4.78, 5) is 13.3. The molecular weight excluding hydrogens is 609 g/mol. The molecule has 0 bridgehead atoms. The van der Waals surface area contributed by atoms with Crippen molar-refractivity contribution in [3.8, 4) is 0 Å². The van der Waals surface area contributed by atoms with Crippen molar-refractivity contribution in [1.82, 2.24) is 0 Å². The van der Waals surface area contributed by atoms with Crippen LogP contribution in [0.4, 0.5) is 0 Å². The minimum Gasteiger partial charge on any atom is -0.462 e. The first-order chi connectivity index (χ1) is 23.4. The van der Waals surface area contributed by atoms with Crippen molar-refractivity contribution in [3.05, 3.63) is 11.6 Å². The number of carbonyl (C=O) groups excluding carboxylic acids is 1. The SMILES string of the molecule is CCCCCCCCCCCCCCCC(=O)O[C@H]1CC[C@]2(C)[C@@H]3CC=C4[C@]5(C)CC(C)(C)CC[C@]5(C)CC[C@@]4(C)[C@]3(C)CC[C@@]2(C)C1(C)C. The van der Waals surface area contributed by atoms with Crippen LogP contribution < -0.4 is 0 Å². The van der Waals surface area contributed by atoms with E-state index in [1.807, 2.05) is 5.57 Å². The summed E-state index contributed by atoms with van der Waals surface area (Å²) in [6.07, 6.45) is 33.6. The normalized spacial score (nSPS) is 41.6. The Bertz CT molecular complexity index is 1210. The predicted molar refractivity (Wildman–Crippen MR) is 214 cm³/mol. The molecule has 0 unspecified atom stereocenters. The lowest BCUT2D eigenvalue weighted by atomic mass is 9.29. The number of hydrogen-bond acceptors (Lipinski definition) is 2. The van der Waals surface area contributed by atoms with Crippen molar-refractivity contribution < 1.29 is 9.53 Å². The van der Waals surface area contributed by atoms with Gasteiger partial charge in [-0.05, 0) is 114 Å². The van der Waals surface area contributed by atoms with Gasteiger partial charge in [-0.25, -0.2) is 0 Å². The molecule has 0 N–H and O–H groups in total. The molecule has 5 rings (SSSR count). The van der Waals surface area contributed by atoms with Crippen molar-refractivity contribution in [3.63, 3.8) is 0 Å². The van der Waals surface area contributed by atoms with E-state index < -0.39 is 0 Å². The maximum atomic E-state index is 13.3. The quantitative estimate of drug-likeness (QED) is 0.0970. The lowest BCUT2D eigenvalue weighted by Gasteiger charge is -2.75. The number of rotatable bonds is 15. The first-order valence-electron chi connectivity index (χ1n) is 22.3. The van der Waals surface area contributed by atoms with E-state index in [2.05, 4.69) is 82.2 Å². The number of esters is 1. The van der Waals surface area contributed by atoms with Crippen LogP contribution in [0, 0.1) is 49.2 Å². The Labute approximate surface area is 311 Å². The summed E-state index contributed by atoms with van der Waals surface area (Å²) in [6.45, 7) is 28.4. The number of ether oxygens (including phenoxy) is 1. The van der Waals surface area contributed by atoms with Crippen LogP contribution in [0.25, 0.3) is 0 Å². The molecule has 0 amide bonds. The van der Waals surface area contributed by atoms with Gasteiger partial charge < -0.3 is 4.74 Å². The predicted octanol–water partition coefficient (Wildman–Crippen LogP) is 15.0. The van der Waals surface area contributed by atoms with E-state index in [-0.39, 0.29) is 33.7 Å². The molecule has 2 nitrogen and oxygen atoms in total. The Balaban J connectivity index is 1.17. The van der Waals surface area contributed by atoms with Gasteiger partial charge in [-0.3, -0.25) is 4.79 Å². The molecule has 4 fully saturated rings. The smallest absolute Gasteiger partial charge is 0.306 e. The van der Waals surface area contributed by atoms with Crippen molar-refractivity contribution in [1.29, 1.82) is 0 Å². The maximum Gasteiger partial charge on any atom is 0.306 e. The topological polar surface area (TPSA) is 26.3 Å². The van der Waals surface area contributed by atoms with Crippen LogP contribution in [0.2, 0.25) is 0 Å². The Hall–Kier alpha value is -0.790. The second-order valence-corrected chi connectivity index (χ2v) is 21.9. The van der Waals surface area contributed by atoms with Crippen molar-refractivity contribution >= 4 is 5.97 Å². The molecule has 0 aromatic carbocycles. The zero-order valence-corrected chi connectivity index (χ0v) is 35.5. The fraction of sp³-hybridized carbons (Fsp3) is 0.938. The van der Waals surface area contributed by atoms with Crippen molar-refractivity contribution in [2.24, 2.45) is 49.2 Å². The van der Waals surface area contributed by atoms with Gasteiger partial charge >= 0.3 is 5.97 Å². The summed E-state index contributed by atoms with van der Waals surface area (Å²) in [5, 5.41) is 0. The Morgan fingerprint density at radius 3 is 1.80 bits per heavy atom. The lowest BCUT2D eigenvalue weighted by molar-refractivity contribution is -0.256. The third-order valence-corrected chi connectivity index (χ3v) is 18.6. The molecule has 0 spiro atoms. The Morgan fingerprint density at radius 2 is 1.20 bits per heavy atom. The number of fused-ring (bicyclic) bond motifs is 7. The van der Waals surface area contributed by atoms with Gasteiger partial charge in [0.25, 0.3) is 0 Å². The van der Waals surface area contributed by atoms with E-state index in [1.165, 1.54) is 135 Å². The van der Waals surface area contributed by atoms with Gasteiger partial charge in [0.2, 0.25) is 0 Å². The molecule has 0 heterocycles. The van der Waals surface area contributed by atoms with Gasteiger partial charge in [0.15, 0.2) is 0 Å². The van der Waals surface area contributed by atoms with Crippen LogP contribution in [-0.4, -0.2) is 12.1 Å². The zero-order chi connectivity index (χ0) is 36.7. The molecule has 5 aliphatic carbocycles. The third kappa shape index (κ3) is 6.75. The average Bonchev–Trinajstić information content (AvgIpc) is 3.04. The summed E-state index contributed by atoms with van der Waals surface area (Å²) in [7, 11) is 0. The van der Waals surface area contributed by atoms with Crippen molar-refractivity contribution in [2.45, 2.75) is 236 Å². The molecule has 8 atom stereocenters. The van der Waals surface area contributed by atoms with Crippen molar-refractivity contribution in [2.75, 3.05) is 0 Å². The first kappa shape index (κ1) is 40.4. The van der Waals surface area contributed by atoms with Crippen LogP contribution in [0.15, 0.2) is 11.6 Å². The maximum absolute atomic E-state index is 13.3. The minimum absolute atomic E-state index is 0.0310. The highest BCUT2D eigenvalue weighted by atomic mass is 16.5. The van der Waals surface area contributed by atoms with Gasteiger partial charge in [0.1, 0.15) is 6.10 Å². The first-order valence-corrected chi connectivity index (χ1v) is 22.3. The second kappa shape index (κ2) is 14.8. The zero-order valence-electron chi connectivity index (χ0n) is 35.5. The summed E-state index contributed by atoms with van der Waals surface area (Å²) < 4.78 is 6.49. The van der Waals surface area contributed by atoms with Crippen LogP contribution in [0.1, 0.15) is 230 Å². The molecule has 4 saturated carbocycles. The molecule has 2 heteroatoms. The molecule has 0 saturated heterocycles. The second-order valence-electron chi connectivity index (χ2n) is 21.9. The summed E-state index contributed by atoms with van der Waals surface area (Å²) >= 11 is 0. The molecule has 0 aliphatic heterocycles. The average molecular weight is 693 g/mol. The fourth-order valence-electron chi connectivity index (χ4n) is 14.1. The van der Waals surface area contributed by atoms with E-state index in [9.17, 15) is 4.79 Å². The fourth-order valence-corrected chi connectivity index (χ4v) is 14.1.